The molecule has 124 valence electrons. The van der Waals surface area contributed by atoms with Crippen molar-refractivity contribution in [3.63, 3.8) is 0 Å². The number of urea groups is 1. The number of nitrogens with one attached hydrogen (secondary N) is 2. The number of benzene rings is 1. The number of hydrogen-bond donors (Lipinski definition) is 2. The molecular formula is C16H20N2O4S. The molecule has 7 heteroatoms. The predicted molar refractivity (Wildman–Crippen MR) is 89.6 cm³/mol. The van der Waals surface area contributed by atoms with Crippen molar-refractivity contribution in [2.45, 2.75) is 13.2 Å². The Morgan fingerprint density at radius 1 is 1.26 bits per heavy atom. The number of rotatable bonds is 8. The zero-order valence-electron chi connectivity index (χ0n) is 12.9. The van der Waals surface area contributed by atoms with Crippen LogP contribution in [0, 0.1) is 0 Å². The summed E-state index contributed by atoms with van der Waals surface area (Å²) in [5, 5.41) is 5.39. The summed E-state index contributed by atoms with van der Waals surface area (Å²) < 4.78 is 21.7. The highest BCUT2D eigenvalue weighted by atomic mass is 32.2. The van der Waals surface area contributed by atoms with E-state index in [1.807, 2.05) is 30.3 Å². The molecule has 0 saturated carbocycles. The van der Waals surface area contributed by atoms with Gasteiger partial charge in [-0.15, -0.1) is 0 Å². The van der Waals surface area contributed by atoms with Gasteiger partial charge in [-0.3, -0.25) is 4.21 Å². The van der Waals surface area contributed by atoms with E-state index in [1.165, 1.54) is 0 Å². The number of hydrogen-bond acceptors (Lipinski definition) is 4. The van der Waals surface area contributed by atoms with Gasteiger partial charge in [0.1, 0.15) is 12.4 Å². The summed E-state index contributed by atoms with van der Waals surface area (Å²) in [7, 11) is -0.916. The highest BCUT2D eigenvalue weighted by Crippen LogP contribution is 2.12. The van der Waals surface area contributed by atoms with E-state index in [-0.39, 0.29) is 6.03 Å². The molecule has 2 N–H and O–H groups in total. The van der Waals surface area contributed by atoms with E-state index in [1.54, 1.807) is 18.6 Å². The van der Waals surface area contributed by atoms with Crippen LogP contribution >= 0.6 is 0 Å². The van der Waals surface area contributed by atoms with Gasteiger partial charge in [0.15, 0.2) is 0 Å². The van der Waals surface area contributed by atoms with E-state index in [0.29, 0.717) is 31.2 Å². The standard InChI is InChI=1S/C16H20N2O4S/c1-23(20)9-7-17-16(19)18-14-5-2-4-13(10-14)11-21-12-15-6-3-8-22-15/h2-6,8,10H,7,9,11-12H2,1H3,(H2,17,18,19)/t23-/m1/s1. The Bertz CT molecular complexity index is 643. The van der Waals surface area contributed by atoms with Gasteiger partial charge in [0.25, 0.3) is 0 Å². The number of carbonyl (C=O) groups excluding carboxylic acids is 1. The molecular weight excluding hydrogens is 316 g/mol. The molecule has 6 nitrogen and oxygen atoms in total. The largest absolute Gasteiger partial charge is 0.467 e. The summed E-state index contributed by atoms with van der Waals surface area (Å²) in [6, 6.07) is 10.8. The van der Waals surface area contributed by atoms with Crippen molar-refractivity contribution < 1.29 is 18.2 Å². The van der Waals surface area contributed by atoms with E-state index >= 15 is 0 Å². The summed E-state index contributed by atoms with van der Waals surface area (Å²) in [4.78, 5) is 11.7. The molecule has 23 heavy (non-hydrogen) atoms. The van der Waals surface area contributed by atoms with Crippen molar-refractivity contribution in [1.82, 2.24) is 5.32 Å². The molecule has 0 unspecified atom stereocenters. The van der Waals surface area contributed by atoms with Crippen molar-refractivity contribution in [2.75, 3.05) is 23.9 Å². The van der Waals surface area contributed by atoms with Crippen LogP contribution in [0.1, 0.15) is 11.3 Å². The number of furan rings is 1. The van der Waals surface area contributed by atoms with Crippen LogP contribution in [0.2, 0.25) is 0 Å². The second-order valence-corrected chi connectivity index (χ2v) is 6.49. The third kappa shape index (κ3) is 6.66. The second kappa shape index (κ2) is 9.12. The molecule has 0 aliphatic heterocycles. The predicted octanol–water partition coefficient (Wildman–Crippen LogP) is 2.50. The van der Waals surface area contributed by atoms with Crippen LogP contribution in [0.4, 0.5) is 10.5 Å². The zero-order chi connectivity index (χ0) is 16.5. The first-order valence-corrected chi connectivity index (χ1v) is 8.90. The molecule has 1 aromatic carbocycles. The molecule has 1 atom stereocenters. The summed E-state index contributed by atoms with van der Waals surface area (Å²) in [5.41, 5.74) is 1.63. The Morgan fingerprint density at radius 2 is 2.13 bits per heavy atom. The molecule has 2 aromatic rings. The average Bonchev–Trinajstić information content (AvgIpc) is 3.00. The van der Waals surface area contributed by atoms with Crippen LogP contribution in [0.25, 0.3) is 0 Å². The van der Waals surface area contributed by atoms with Crippen LogP contribution in [-0.2, 0) is 28.8 Å². The lowest BCUT2D eigenvalue weighted by Gasteiger charge is -2.09. The molecule has 0 radical (unpaired) electrons. The van der Waals surface area contributed by atoms with Gasteiger partial charge in [-0.25, -0.2) is 4.79 Å². The second-order valence-electron chi connectivity index (χ2n) is 4.93. The molecule has 2 amide bonds. The Kier molecular flexibility index (Phi) is 6.83. The normalized spacial score (nSPS) is 11.9. The lowest BCUT2D eigenvalue weighted by molar-refractivity contribution is 0.0930. The minimum atomic E-state index is -0.916. The molecule has 0 aliphatic rings. The molecule has 1 aromatic heterocycles. The maximum atomic E-state index is 11.7. The third-order valence-electron chi connectivity index (χ3n) is 2.95. The van der Waals surface area contributed by atoms with Gasteiger partial charge in [0.2, 0.25) is 0 Å². The summed E-state index contributed by atoms with van der Waals surface area (Å²) in [6.45, 7) is 1.20. The van der Waals surface area contributed by atoms with Gasteiger partial charge in [-0.1, -0.05) is 12.1 Å². The van der Waals surface area contributed by atoms with Crippen LogP contribution in [0.3, 0.4) is 0 Å². The molecule has 0 aliphatic carbocycles. The fourth-order valence-electron chi connectivity index (χ4n) is 1.89. The first-order valence-electron chi connectivity index (χ1n) is 7.17. The molecule has 0 saturated heterocycles. The lowest BCUT2D eigenvalue weighted by atomic mass is 10.2. The highest BCUT2D eigenvalue weighted by Gasteiger charge is 2.03. The van der Waals surface area contributed by atoms with Gasteiger partial charge in [0, 0.05) is 35.0 Å². The molecule has 0 bridgehead atoms. The molecule has 1 heterocycles. The maximum absolute atomic E-state index is 11.7. The van der Waals surface area contributed by atoms with E-state index in [4.69, 9.17) is 9.15 Å². The van der Waals surface area contributed by atoms with Gasteiger partial charge in [-0.2, -0.15) is 0 Å². The Hall–Kier alpha value is -2.12. The van der Waals surface area contributed by atoms with E-state index in [2.05, 4.69) is 10.6 Å². The highest BCUT2D eigenvalue weighted by molar-refractivity contribution is 7.84. The fraction of sp³-hybridized carbons (Fsp3) is 0.312. The first kappa shape index (κ1) is 17.2. The monoisotopic (exact) mass is 336 g/mol. The van der Waals surface area contributed by atoms with Crippen molar-refractivity contribution in [2.24, 2.45) is 0 Å². The minimum Gasteiger partial charge on any atom is -0.467 e. The number of ether oxygens (including phenoxy) is 1. The van der Waals surface area contributed by atoms with E-state index in [0.717, 1.165) is 11.3 Å². The summed E-state index contributed by atoms with van der Waals surface area (Å²) in [6.07, 6.45) is 3.21. The third-order valence-corrected chi connectivity index (χ3v) is 3.73. The van der Waals surface area contributed by atoms with Crippen LogP contribution in [0.15, 0.2) is 47.1 Å². The fourth-order valence-corrected chi connectivity index (χ4v) is 2.28. The molecule has 0 spiro atoms. The van der Waals surface area contributed by atoms with Crippen LogP contribution in [-0.4, -0.2) is 28.8 Å². The SMILES string of the molecule is C[S@@](=O)CCNC(=O)Nc1cccc(COCc2ccco2)c1. The Balaban J connectivity index is 1.77. The number of anilines is 1. The quantitative estimate of drug-likeness (QED) is 0.776. The average molecular weight is 336 g/mol. The van der Waals surface area contributed by atoms with Crippen molar-refractivity contribution in [3.05, 3.63) is 54.0 Å². The van der Waals surface area contributed by atoms with E-state index in [9.17, 15) is 9.00 Å². The minimum absolute atomic E-state index is 0.316. The van der Waals surface area contributed by atoms with Crippen LogP contribution in [0.5, 0.6) is 0 Å². The smallest absolute Gasteiger partial charge is 0.319 e. The van der Waals surface area contributed by atoms with Crippen LogP contribution < -0.4 is 10.6 Å². The summed E-state index contributed by atoms with van der Waals surface area (Å²) in [5.74, 6) is 1.21. The van der Waals surface area contributed by atoms with E-state index < -0.39 is 10.8 Å². The summed E-state index contributed by atoms with van der Waals surface area (Å²) >= 11 is 0. The number of carbonyl (C=O) groups is 1. The van der Waals surface area contributed by atoms with Crippen molar-refractivity contribution in [1.29, 1.82) is 0 Å². The number of amides is 2. The Labute approximate surface area is 137 Å². The van der Waals surface area contributed by atoms with Gasteiger partial charge in [-0.05, 0) is 29.8 Å². The van der Waals surface area contributed by atoms with Gasteiger partial charge >= 0.3 is 6.03 Å². The first-order chi connectivity index (χ1) is 11.1. The van der Waals surface area contributed by atoms with Gasteiger partial charge < -0.3 is 19.8 Å². The molecule has 0 fully saturated rings. The Morgan fingerprint density at radius 3 is 2.87 bits per heavy atom. The lowest BCUT2D eigenvalue weighted by Crippen LogP contribution is -2.31. The maximum Gasteiger partial charge on any atom is 0.319 e. The zero-order valence-corrected chi connectivity index (χ0v) is 13.7. The molecule has 2 rings (SSSR count). The van der Waals surface area contributed by atoms with Crippen molar-refractivity contribution in [3.8, 4) is 0 Å². The van der Waals surface area contributed by atoms with Crippen molar-refractivity contribution >= 4 is 22.5 Å². The topological polar surface area (TPSA) is 80.6 Å². The van der Waals surface area contributed by atoms with Gasteiger partial charge in [0.05, 0.1) is 12.9 Å².